The Kier molecular flexibility index (Phi) is 2.32. The Morgan fingerprint density at radius 3 is 2.73 bits per heavy atom. The molecule has 78 valence electrons. The predicted molar refractivity (Wildman–Crippen MR) is 52.5 cm³/mol. The zero-order valence-electron chi connectivity index (χ0n) is 7.92. The van der Waals surface area contributed by atoms with Crippen molar-refractivity contribution in [3.05, 3.63) is 28.4 Å². The monoisotopic (exact) mass is 207 g/mol. The first kappa shape index (κ1) is 9.57. The number of rotatable bonds is 2. The average Bonchev–Trinajstić information content (AvgIpc) is 2.65. The Morgan fingerprint density at radius 2 is 2.27 bits per heavy atom. The van der Waals surface area contributed by atoms with Gasteiger partial charge in [-0.05, 0) is 22.4 Å². The summed E-state index contributed by atoms with van der Waals surface area (Å²) in [6.45, 7) is 0.665. The number of carbonyl (C=O) groups is 1. The third kappa shape index (κ3) is 1.78. The Morgan fingerprint density at radius 1 is 1.47 bits per heavy atom. The van der Waals surface area contributed by atoms with E-state index >= 15 is 0 Å². The summed E-state index contributed by atoms with van der Waals surface area (Å²) in [4.78, 5) is 26.4. The summed E-state index contributed by atoms with van der Waals surface area (Å²) in [6.07, 6.45) is 2.73. The van der Waals surface area contributed by atoms with Gasteiger partial charge in [0.25, 0.3) is 0 Å². The van der Waals surface area contributed by atoms with Crippen LogP contribution in [-0.4, -0.2) is 22.4 Å². The number of nitrogens with zero attached hydrogens (tertiary/aromatic N) is 3. The lowest BCUT2D eigenvalue weighted by Crippen LogP contribution is -2.23. The maximum Gasteiger partial charge on any atom is 0.363 e. The molecule has 0 aliphatic carbocycles. The van der Waals surface area contributed by atoms with Gasteiger partial charge in [-0.3, -0.25) is 4.79 Å². The standard InChI is InChI=1S/C9H9N3O3/c13-9-2-1-5-11(9)7-3-4-8(10-6-7)12(14)15/h3-4,6H,1-2,5H2. The second-order valence-corrected chi connectivity index (χ2v) is 3.28. The molecule has 0 unspecified atom stereocenters. The van der Waals surface area contributed by atoms with E-state index in [0.29, 0.717) is 18.7 Å². The number of anilines is 1. The number of amides is 1. The minimum Gasteiger partial charge on any atom is -0.358 e. The molecule has 1 aromatic heterocycles. The van der Waals surface area contributed by atoms with Crippen molar-refractivity contribution in [2.75, 3.05) is 11.4 Å². The van der Waals surface area contributed by atoms with Crippen LogP contribution in [0.4, 0.5) is 11.5 Å². The molecular weight excluding hydrogens is 198 g/mol. The molecule has 0 radical (unpaired) electrons. The maximum absolute atomic E-state index is 11.4. The van der Waals surface area contributed by atoms with Gasteiger partial charge in [-0.15, -0.1) is 0 Å². The molecule has 0 spiro atoms. The van der Waals surface area contributed by atoms with Crippen molar-refractivity contribution in [2.45, 2.75) is 12.8 Å². The SMILES string of the molecule is O=C1CCCN1c1ccc([N+](=O)[O-])nc1. The highest BCUT2D eigenvalue weighted by atomic mass is 16.6. The van der Waals surface area contributed by atoms with Crippen molar-refractivity contribution in [1.82, 2.24) is 4.98 Å². The number of hydrogen-bond acceptors (Lipinski definition) is 4. The topological polar surface area (TPSA) is 76.3 Å². The fourth-order valence-electron chi connectivity index (χ4n) is 1.57. The van der Waals surface area contributed by atoms with Crippen molar-refractivity contribution < 1.29 is 9.72 Å². The highest BCUT2D eigenvalue weighted by molar-refractivity contribution is 5.95. The number of nitro groups is 1. The first-order valence-corrected chi connectivity index (χ1v) is 4.59. The molecule has 2 heterocycles. The van der Waals surface area contributed by atoms with Gasteiger partial charge >= 0.3 is 5.82 Å². The lowest BCUT2D eigenvalue weighted by Gasteiger charge is -2.12. The van der Waals surface area contributed by atoms with Crippen LogP contribution in [-0.2, 0) is 4.79 Å². The van der Waals surface area contributed by atoms with Crippen molar-refractivity contribution in [3.8, 4) is 0 Å². The molecule has 1 aromatic rings. The Labute approximate surface area is 85.7 Å². The van der Waals surface area contributed by atoms with E-state index in [9.17, 15) is 14.9 Å². The predicted octanol–water partition coefficient (Wildman–Crippen LogP) is 1.12. The minimum absolute atomic E-state index is 0.0469. The lowest BCUT2D eigenvalue weighted by molar-refractivity contribution is -0.389. The summed E-state index contributed by atoms with van der Waals surface area (Å²) >= 11 is 0. The summed E-state index contributed by atoms with van der Waals surface area (Å²) in [5.74, 6) is -0.156. The van der Waals surface area contributed by atoms with Gasteiger partial charge in [0.05, 0.1) is 5.69 Å². The fraction of sp³-hybridized carbons (Fsp3) is 0.333. The highest BCUT2D eigenvalue weighted by Gasteiger charge is 2.23. The van der Waals surface area contributed by atoms with Gasteiger partial charge in [-0.25, -0.2) is 0 Å². The molecule has 1 saturated heterocycles. The highest BCUT2D eigenvalue weighted by Crippen LogP contribution is 2.21. The van der Waals surface area contributed by atoms with Crippen LogP contribution in [0.3, 0.4) is 0 Å². The van der Waals surface area contributed by atoms with Crippen LogP contribution in [0.5, 0.6) is 0 Å². The minimum atomic E-state index is -0.560. The number of hydrogen-bond donors (Lipinski definition) is 0. The second-order valence-electron chi connectivity index (χ2n) is 3.28. The van der Waals surface area contributed by atoms with E-state index in [0.717, 1.165) is 6.42 Å². The third-order valence-corrected chi connectivity index (χ3v) is 2.30. The summed E-state index contributed by atoms with van der Waals surface area (Å²) in [5.41, 5.74) is 0.628. The molecule has 15 heavy (non-hydrogen) atoms. The largest absolute Gasteiger partial charge is 0.363 e. The van der Waals surface area contributed by atoms with Crippen LogP contribution >= 0.6 is 0 Å². The molecule has 1 aliphatic heterocycles. The number of carbonyl (C=O) groups excluding carboxylic acids is 1. The first-order valence-electron chi connectivity index (χ1n) is 4.59. The third-order valence-electron chi connectivity index (χ3n) is 2.30. The molecule has 1 fully saturated rings. The van der Waals surface area contributed by atoms with Crippen LogP contribution in [0.15, 0.2) is 18.3 Å². The molecule has 6 nitrogen and oxygen atoms in total. The molecule has 0 bridgehead atoms. The number of aromatic nitrogens is 1. The van der Waals surface area contributed by atoms with Gasteiger partial charge in [-0.2, -0.15) is 0 Å². The fourth-order valence-corrected chi connectivity index (χ4v) is 1.57. The van der Waals surface area contributed by atoms with Gasteiger partial charge in [0.15, 0.2) is 6.20 Å². The van der Waals surface area contributed by atoms with E-state index in [2.05, 4.69) is 4.98 Å². The van der Waals surface area contributed by atoms with Crippen molar-refractivity contribution >= 4 is 17.4 Å². The molecule has 1 aliphatic rings. The molecule has 0 N–H and O–H groups in total. The van der Waals surface area contributed by atoms with E-state index < -0.39 is 4.92 Å². The zero-order valence-corrected chi connectivity index (χ0v) is 7.92. The van der Waals surface area contributed by atoms with Crippen LogP contribution in [0.25, 0.3) is 0 Å². The molecule has 2 rings (SSSR count). The van der Waals surface area contributed by atoms with Crippen molar-refractivity contribution in [3.63, 3.8) is 0 Å². The van der Waals surface area contributed by atoms with E-state index in [1.807, 2.05) is 0 Å². The maximum atomic E-state index is 11.4. The van der Waals surface area contributed by atoms with Gasteiger partial charge < -0.3 is 15.0 Å². The molecule has 6 heteroatoms. The molecular formula is C9H9N3O3. The molecule has 1 amide bonds. The van der Waals surface area contributed by atoms with Gasteiger partial charge in [0.2, 0.25) is 5.91 Å². The van der Waals surface area contributed by atoms with Gasteiger partial charge in [0, 0.05) is 19.0 Å². The lowest BCUT2D eigenvalue weighted by atomic mass is 10.3. The summed E-state index contributed by atoms with van der Waals surface area (Å²) in [7, 11) is 0. The summed E-state index contributed by atoms with van der Waals surface area (Å²) in [5, 5.41) is 10.4. The molecule has 0 atom stereocenters. The van der Waals surface area contributed by atoms with E-state index in [1.54, 1.807) is 11.0 Å². The van der Waals surface area contributed by atoms with Crippen LogP contribution in [0.1, 0.15) is 12.8 Å². The molecule has 0 aromatic carbocycles. The first-order chi connectivity index (χ1) is 7.18. The quantitative estimate of drug-likeness (QED) is 0.537. The summed E-state index contributed by atoms with van der Waals surface area (Å²) < 4.78 is 0. The normalized spacial score (nSPS) is 15.7. The van der Waals surface area contributed by atoms with Gasteiger partial charge in [-0.1, -0.05) is 0 Å². The van der Waals surface area contributed by atoms with Crippen molar-refractivity contribution in [1.29, 1.82) is 0 Å². The molecule has 0 saturated carbocycles. The van der Waals surface area contributed by atoms with Gasteiger partial charge in [0.1, 0.15) is 0 Å². The average molecular weight is 207 g/mol. The Bertz CT molecular complexity index is 402. The van der Waals surface area contributed by atoms with Crippen LogP contribution in [0, 0.1) is 10.1 Å². The smallest absolute Gasteiger partial charge is 0.358 e. The zero-order chi connectivity index (χ0) is 10.8. The van der Waals surface area contributed by atoms with Crippen LogP contribution in [0.2, 0.25) is 0 Å². The van der Waals surface area contributed by atoms with Crippen LogP contribution < -0.4 is 4.90 Å². The van der Waals surface area contributed by atoms with E-state index in [-0.39, 0.29) is 11.7 Å². The number of pyridine rings is 1. The van der Waals surface area contributed by atoms with Crippen molar-refractivity contribution in [2.24, 2.45) is 0 Å². The Hall–Kier alpha value is -1.98. The summed E-state index contributed by atoms with van der Waals surface area (Å²) in [6, 6.07) is 2.86. The second kappa shape index (κ2) is 3.64. The van der Waals surface area contributed by atoms with E-state index in [1.165, 1.54) is 12.3 Å². The Balaban J connectivity index is 2.23. The van der Waals surface area contributed by atoms with E-state index in [4.69, 9.17) is 0 Å².